The van der Waals surface area contributed by atoms with E-state index >= 15 is 0 Å². The third-order valence-electron chi connectivity index (χ3n) is 2.07. The molecule has 1 aromatic rings. The van der Waals surface area contributed by atoms with Crippen LogP contribution in [0.5, 0.6) is 5.75 Å². The van der Waals surface area contributed by atoms with Crippen molar-refractivity contribution in [1.29, 1.82) is 0 Å². The van der Waals surface area contributed by atoms with Gasteiger partial charge in [-0.05, 0) is 12.1 Å². The fourth-order valence-electron chi connectivity index (χ4n) is 1.34. The van der Waals surface area contributed by atoms with E-state index in [9.17, 15) is 0 Å². The first kappa shape index (κ1) is 12.3. The SMILES string of the molecule is COCOc1ccccc1C1OOCCOO1. The van der Waals surface area contributed by atoms with Gasteiger partial charge in [-0.15, -0.1) is 0 Å². The molecule has 1 aliphatic rings. The van der Waals surface area contributed by atoms with Gasteiger partial charge in [-0.1, -0.05) is 12.1 Å². The smallest absolute Gasteiger partial charge is 0.253 e. The van der Waals surface area contributed by atoms with Crippen molar-refractivity contribution in [2.45, 2.75) is 6.29 Å². The molecule has 0 radical (unpaired) electrons. The molecule has 94 valence electrons. The average Bonchev–Trinajstić information content (AvgIpc) is 2.65. The van der Waals surface area contributed by atoms with E-state index in [1.807, 2.05) is 12.1 Å². The molecule has 1 heterocycles. The minimum atomic E-state index is -0.773. The van der Waals surface area contributed by atoms with Crippen LogP contribution in [-0.4, -0.2) is 27.1 Å². The third-order valence-corrected chi connectivity index (χ3v) is 2.07. The molecule has 0 saturated carbocycles. The first-order chi connectivity index (χ1) is 8.42. The van der Waals surface area contributed by atoms with Crippen molar-refractivity contribution in [1.82, 2.24) is 0 Å². The van der Waals surface area contributed by atoms with Gasteiger partial charge in [0, 0.05) is 7.11 Å². The number of rotatable bonds is 4. The van der Waals surface area contributed by atoms with Gasteiger partial charge in [0.2, 0.25) is 0 Å². The van der Waals surface area contributed by atoms with Crippen LogP contribution in [0.1, 0.15) is 11.9 Å². The fraction of sp³-hybridized carbons (Fsp3) is 0.455. The summed E-state index contributed by atoms with van der Waals surface area (Å²) in [5, 5.41) is 0. The van der Waals surface area contributed by atoms with Crippen molar-refractivity contribution < 1.29 is 29.0 Å². The molecular formula is C11H14O6. The molecule has 0 atom stereocenters. The first-order valence-corrected chi connectivity index (χ1v) is 5.19. The highest BCUT2D eigenvalue weighted by Gasteiger charge is 2.22. The van der Waals surface area contributed by atoms with Crippen LogP contribution >= 0.6 is 0 Å². The minimum absolute atomic E-state index is 0.144. The zero-order chi connectivity index (χ0) is 11.9. The van der Waals surface area contributed by atoms with E-state index in [4.69, 9.17) is 29.0 Å². The topological polar surface area (TPSA) is 55.4 Å². The molecule has 2 rings (SSSR count). The Hall–Kier alpha value is -1.18. The summed E-state index contributed by atoms with van der Waals surface area (Å²) in [6.45, 7) is 0.778. The highest BCUT2D eigenvalue weighted by atomic mass is 17.3. The van der Waals surface area contributed by atoms with Crippen LogP contribution in [0.15, 0.2) is 24.3 Å². The van der Waals surface area contributed by atoms with Gasteiger partial charge < -0.3 is 9.47 Å². The van der Waals surface area contributed by atoms with Crippen LogP contribution < -0.4 is 4.74 Å². The number of benzene rings is 1. The van der Waals surface area contributed by atoms with Crippen molar-refractivity contribution >= 4 is 0 Å². The predicted molar refractivity (Wildman–Crippen MR) is 55.8 cm³/mol. The van der Waals surface area contributed by atoms with Gasteiger partial charge in [0.15, 0.2) is 6.79 Å². The molecular weight excluding hydrogens is 228 g/mol. The maximum Gasteiger partial charge on any atom is 0.253 e. The Bertz CT molecular complexity index is 334. The van der Waals surface area contributed by atoms with Gasteiger partial charge in [0.05, 0.1) is 5.56 Å². The summed E-state index contributed by atoms with van der Waals surface area (Å²) in [4.78, 5) is 19.9. The summed E-state index contributed by atoms with van der Waals surface area (Å²) in [5.74, 6) is 0.591. The first-order valence-electron chi connectivity index (χ1n) is 5.19. The van der Waals surface area contributed by atoms with E-state index in [0.29, 0.717) is 24.5 Å². The van der Waals surface area contributed by atoms with Crippen LogP contribution in [0, 0.1) is 0 Å². The zero-order valence-electron chi connectivity index (χ0n) is 9.46. The molecule has 1 aliphatic heterocycles. The van der Waals surface area contributed by atoms with E-state index in [0.717, 1.165) is 0 Å². The summed E-state index contributed by atoms with van der Waals surface area (Å²) < 4.78 is 10.2. The molecule has 1 fully saturated rings. The maximum atomic E-state index is 5.39. The summed E-state index contributed by atoms with van der Waals surface area (Å²) >= 11 is 0. The lowest BCUT2D eigenvalue weighted by Gasteiger charge is -2.16. The Morgan fingerprint density at radius 2 is 1.88 bits per heavy atom. The lowest BCUT2D eigenvalue weighted by molar-refractivity contribution is -0.430. The molecule has 0 bridgehead atoms. The standard InChI is InChI=1S/C11H14O6/c1-12-8-13-10-5-3-2-4-9(10)11-16-14-6-7-15-17-11/h2-5,11H,6-8H2,1H3. The largest absolute Gasteiger partial charge is 0.467 e. The Kier molecular flexibility index (Phi) is 4.72. The molecule has 1 saturated heterocycles. The van der Waals surface area contributed by atoms with Crippen LogP contribution in [0.25, 0.3) is 0 Å². The average molecular weight is 242 g/mol. The maximum absolute atomic E-state index is 5.39. The second kappa shape index (κ2) is 6.53. The van der Waals surface area contributed by atoms with Crippen LogP contribution in [0.2, 0.25) is 0 Å². The lowest BCUT2D eigenvalue weighted by atomic mass is 10.2. The molecule has 0 aliphatic carbocycles. The molecule has 0 spiro atoms. The van der Waals surface area contributed by atoms with Crippen LogP contribution in [0.4, 0.5) is 0 Å². The van der Waals surface area contributed by atoms with Crippen LogP contribution in [0.3, 0.4) is 0 Å². The predicted octanol–water partition coefficient (Wildman–Crippen LogP) is 1.58. The number of methoxy groups -OCH3 is 1. The van der Waals surface area contributed by atoms with Gasteiger partial charge in [-0.3, -0.25) is 0 Å². The minimum Gasteiger partial charge on any atom is -0.467 e. The van der Waals surface area contributed by atoms with Crippen molar-refractivity contribution in [2.24, 2.45) is 0 Å². The highest BCUT2D eigenvalue weighted by molar-refractivity contribution is 5.34. The summed E-state index contributed by atoms with van der Waals surface area (Å²) in [6, 6.07) is 7.26. The molecule has 17 heavy (non-hydrogen) atoms. The van der Waals surface area contributed by atoms with Crippen LogP contribution in [-0.2, 0) is 24.3 Å². The molecule has 1 aromatic carbocycles. The Labute approximate surface area is 98.8 Å². The molecule has 0 N–H and O–H groups in total. The third kappa shape index (κ3) is 3.39. The van der Waals surface area contributed by atoms with Crippen molar-refractivity contribution in [3.05, 3.63) is 29.8 Å². The highest BCUT2D eigenvalue weighted by Crippen LogP contribution is 2.29. The van der Waals surface area contributed by atoms with E-state index in [1.165, 1.54) is 0 Å². The van der Waals surface area contributed by atoms with Gasteiger partial charge in [-0.25, -0.2) is 9.78 Å². The van der Waals surface area contributed by atoms with E-state index < -0.39 is 6.29 Å². The Balaban J connectivity index is 2.11. The quantitative estimate of drug-likeness (QED) is 0.590. The van der Waals surface area contributed by atoms with E-state index in [1.54, 1.807) is 19.2 Å². The molecule has 6 nitrogen and oxygen atoms in total. The number of ether oxygens (including phenoxy) is 2. The van der Waals surface area contributed by atoms with E-state index in [2.05, 4.69) is 0 Å². The van der Waals surface area contributed by atoms with Gasteiger partial charge in [0.25, 0.3) is 6.29 Å². The molecule has 0 aromatic heterocycles. The van der Waals surface area contributed by atoms with Crippen molar-refractivity contribution in [2.75, 3.05) is 27.1 Å². The summed E-state index contributed by atoms with van der Waals surface area (Å²) in [7, 11) is 1.55. The van der Waals surface area contributed by atoms with Gasteiger partial charge in [0.1, 0.15) is 19.0 Å². The molecule has 6 heteroatoms. The number of hydrogen-bond acceptors (Lipinski definition) is 6. The van der Waals surface area contributed by atoms with E-state index in [-0.39, 0.29) is 6.79 Å². The number of para-hydroxylation sites is 1. The Morgan fingerprint density at radius 3 is 2.59 bits per heavy atom. The number of hydrogen-bond donors (Lipinski definition) is 0. The van der Waals surface area contributed by atoms with Gasteiger partial charge >= 0.3 is 0 Å². The van der Waals surface area contributed by atoms with Gasteiger partial charge in [-0.2, -0.15) is 9.78 Å². The van der Waals surface area contributed by atoms with Crippen molar-refractivity contribution in [3.63, 3.8) is 0 Å². The molecule has 0 amide bonds. The zero-order valence-corrected chi connectivity index (χ0v) is 9.46. The Morgan fingerprint density at radius 1 is 1.18 bits per heavy atom. The second-order valence-corrected chi connectivity index (χ2v) is 3.26. The fourth-order valence-corrected chi connectivity index (χ4v) is 1.34. The monoisotopic (exact) mass is 242 g/mol. The van der Waals surface area contributed by atoms with Crippen molar-refractivity contribution in [3.8, 4) is 5.75 Å². The molecule has 0 unspecified atom stereocenters. The summed E-state index contributed by atoms with van der Waals surface area (Å²) in [6.07, 6.45) is -0.773. The second-order valence-electron chi connectivity index (χ2n) is 3.26. The summed E-state index contributed by atoms with van der Waals surface area (Å²) in [5.41, 5.74) is 0.673. The normalized spacial score (nSPS) is 17.7. The lowest BCUT2D eigenvalue weighted by Crippen LogP contribution is -2.09.